The molecule has 24 heavy (non-hydrogen) atoms. The van der Waals surface area contributed by atoms with E-state index in [1.807, 2.05) is 32.6 Å². The zero-order valence-electron chi connectivity index (χ0n) is 15.6. The molecule has 2 atom stereocenters. The summed E-state index contributed by atoms with van der Waals surface area (Å²) in [4.78, 5) is 30.5. The van der Waals surface area contributed by atoms with Crippen LogP contribution in [0.5, 0.6) is 0 Å². The minimum Gasteiger partial charge on any atom is -0.391 e. The number of piperazine rings is 1. The van der Waals surface area contributed by atoms with Crippen molar-refractivity contribution in [2.24, 2.45) is 5.41 Å². The van der Waals surface area contributed by atoms with Crippen LogP contribution >= 0.6 is 0 Å². The van der Waals surface area contributed by atoms with E-state index in [0.717, 1.165) is 25.9 Å². The van der Waals surface area contributed by atoms with Crippen LogP contribution in [0, 0.1) is 5.41 Å². The van der Waals surface area contributed by atoms with Gasteiger partial charge in [0, 0.05) is 45.7 Å². The van der Waals surface area contributed by atoms with Gasteiger partial charge < -0.3 is 14.9 Å². The number of rotatable bonds is 4. The second-order valence-corrected chi connectivity index (χ2v) is 8.23. The third kappa shape index (κ3) is 4.70. The standard InChI is InChI=1S/C18H33N3O3/c1-14(21-8-6-5-7-16(21)23)17(24)20-11-9-19(10-12-20)13-15(22)18(2,3)4/h14-15,22H,5-13H2,1-4H3/t14-,15-/m1/s1. The highest BCUT2D eigenvalue weighted by molar-refractivity contribution is 5.87. The Hall–Kier alpha value is -1.14. The normalized spacial score (nSPS) is 23.3. The molecule has 1 N–H and O–H groups in total. The number of likely N-dealkylation sites (tertiary alicyclic amines) is 1. The predicted molar refractivity (Wildman–Crippen MR) is 93.5 cm³/mol. The lowest BCUT2D eigenvalue weighted by molar-refractivity contribution is -0.147. The number of carbonyl (C=O) groups excluding carboxylic acids is 2. The summed E-state index contributed by atoms with van der Waals surface area (Å²) >= 11 is 0. The van der Waals surface area contributed by atoms with Gasteiger partial charge in [0.25, 0.3) is 0 Å². The first-order valence-corrected chi connectivity index (χ1v) is 9.19. The maximum absolute atomic E-state index is 12.7. The van der Waals surface area contributed by atoms with Gasteiger partial charge in [-0.05, 0) is 25.2 Å². The molecule has 2 aliphatic heterocycles. The van der Waals surface area contributed by atoms with Gasteiger partial charge in [-0.25, -0.2) is 0 Å². The highest BCUT2D eigenvalue weighted by Gasteiger charge is 2.33. The molecule has 0 radical (unpaired) electrons. The summed E-state index contributed by atoms with van der Waals surface area (Å²) in [5.41, 5.74) is -0.129. The zero-order chi connectivity index (χ0) is 17.9. The number of amides is 2. The lowest BCUT2D eigenvalue weighted by Gasteiger charge is -2.40. The average Bonchev–Trinajstić information content (AvgIpc) is 2.54. The molecule has 0 aliphatic carbocycles. The van der Waals surface area contributed by atoms with Gasteiger partial charge in [-0.15, -0.1) is 0 Å². The summed E-state index contributed by atoms with van der Waals surface area (Å²) in [6.45, 7) is 12.2. The van der Waals surface area contributed by atoms with E-state index in [9.17, 15) is 14.7 Å². The van der Waals surface area contributed by atoms with Crippen LogP contribution in [0.2, 0.25) is 0 Å². The molecule has 0 unspecified atom stereocenters. The van der Waals surface area contributed by atoms with E-state index in [1.165, 1.54) is 0 Å². The Kier molecular flexibility index (Phi) is 6.26. The molecule has 0 aromatic heterocycles. The summed E-state index contributed by atoms with van der Waals surface area (Å²) in [6.07, 6.45) is 2.12. The fourth-order valence-corrected chi connectivity index (χ4v) is 3.30. The Bertz CT molecular complexity index is 453. The first kappa shape index (κ1) is 19.2. The van der Waals surface area contributed by atoms with Gasteiger partial charge in [-0.3, -0.25) is 14.5 Å². The molecule has 0 spiro atoms. The predicted octanol–water partition coefficient (Wildman–Crippen LogP) is 0.939. The van der Waals surface area contributed by atoms with Gasteiger partial charge in [0.1, 0.15) is 6.04 Å². The zero-order valence-corrected chi connectivity index (χ0v) is 15.6. The molecule has 0 bridgehead atoms. The molecule has 0 aromatic carbocycles. The fourth-order valence-electron chi connectivity index (χ4n) is 3.30. The van der Waals surface area contributed by atoms with E-state index in [-0.39, 0.29) is 29.4 Å². The van der Waals surface area contributed by atoms with Crippen molar-refractivity contribution in [1.29, 1.82) is 0 Å². The largest absolute Gasteiger partial charge is 0.391 e. The molecule has 2 saturated heterocycles. The van der Waals surface area contributed by atoms with Crippen molar-refractivity contribution < 1.29 is 14.7 Å². The van der Waals surface area contributed by atoms with Crippen LogP contribution < -0.4 is 0 Å². The van der Waals surface area contributed by atoms with E-state index in [4.69, 9.17) is 0 Å². The Balaban J connectivity index is 1.83. The van der Waals surface area contributed by atoms with Crippen LogP contribution in [-0.2, 0) is 9.59 Å². The van der Waals surface area contributed by atoms with Gasteiger partial charge in [0.05, 0.1) is 6.10 Å². The SMILES string of the molecule is C[C@H](C(=O)N1CCN(C[C@@H](O)C(C)(C)C)CC1)N1CCCCC1=O. The quantitative estimate of drug-likeness (QED) is 0.828. The van der Waals surface area contributed by atoms with Gasteiger partial charge >= 0.3 is 0 Å². The molecule has 0 aromatic rings. The Morgan fingerprint density at radius 1 is 1.12 bits per heavy atom. The lowest BCUT2D eigenvalue weighted by atomic mass is 9.89. The highest BCUT2D eigenvalue weighted by Crippen LogP contribution is 2.21. The molecule has 6 heteroatoms. The van der Waals surface area contributed by atoms with Crippen molar-refractivity contribution in [2.45, 2.75) is 59.1 Å². The van der Waals surface area contributed by atoms with Crippen LogP contribution in [0.25, 0.3) is 0 Å². The van der Waals surface area contributed by atoms with Crippen LogP contribution in [0.4, 0.5) is 0 Å². The number of nitrogens with zero attached hydrogens (tertiary/aromatic N) is 3. The fraction of sp³-hybridized carbons (Fsp3) is 0.889. The molecular weight excluding hydrogens is 306 g/mol. The second-order valence-electron chi connectivity index (χ2n) is 8.23. The van der Waals surface area contributed by atoms with Crippen LogP contribution in [-0.4, -0.2) is 83.0 Å². The first-order valence-electron chi connectivity index (χ1n) is 9.19. The Morgan fingerprint density at radius 2 is 1.75 bits per heavy atom. The molecule has 2 heterocycles. The number of hydrogen-bond acceptors (Lipinski definition) is 4. The number of aliphatic hydroxyl groups is 1. The van der Waals surface area contributed by atoms with Crippen molar-refractivity contribution in [3.63, 3.8) is 0 Å². The first-order chi connectivity index (χ1) is 11.2. The van der Waals surface area contributed by atoms with Gasteiger partial charge in [0.15, 0.2) is 0 Å². The van der Waals surface area contributed by atoms with Gasteiger partial charge in [0.2, 0.25) is 11.8 Å². The van der Waals surface area contributed by atoms with Crippen molar-refractivity contribution in [1.82, 2.24) is 14.7 Å². The third-order valence-corrected chi connectivity index (χ3v) is 5.30. The molecule has 138 valence electrons. The molecule has 2 amide bonds. The van der Waals surface area contributed by atoms with Gasteiger partial charge in [-0.1, -0.05) is 20.8 Å². The number of hydrogen-bond donors (Lipinski definition) is 1. The highest BCUT2D eigenvalue weighted by atomic mass is 16.3. The smallest absolute Gasteiger partial charge is 0.245 e. The monoisotopic (exact) mass is 339 g/mol. The second kappa shape index (κ2) is 7.83. The number of β-amino-alcohol motifs (C(OH)–C–C–N with tert-alkyl or cyclic N) is 1. The van der Waals surface area contributed by atoms with Crippen LogP contribution in [0.3, 0.4) is 0 Å². The number of carbonyl (C=O) groups is 2. The van der Waals surface area contributed by atoms with Crippen molar-refractivity contribution in [2.75, 3.05) is 39.3 Å². The summed E-state index contributed by atoms with van der Waals surface area (Å²) in [6, 6.07) is -0.357. The summed E-state index contributed by atoms with van der Waals surface area (Å²) in [7, 11) is 0. The van der Waals surface area contributed by atoms with E-state index in [1.54, 1.807) is 4.90 Å². The minimum absolute atomic E-state index is 0.0567. The van der Waals surface area contributed by atoms with Crippen molar-refractivity contribution in [3.05, 3.63) is 0 Å². The molecule has 2 fully saturated rings. The minimum atomic E-state index is -0.371. The Labute approximate surface area is 145 Å². The summed E-state index contributed by atoms with van der Waals surface area (Å²) < 4.78 is 0. The van der Waals surface area contributed by atoms with E-state index in [0.29, 0.717) is 32.6 Å². The van der Waals surface area contributed by atoms with E-state index < -0.39 is 0 Å². The van der Waals surface area contributed by atoms with Crippen LogP contribution in [0.1, 0.15) is 47.0 Å². The maximum Gasteiger partial charge on any atom is 0.245 e. The summed E-state index contributed by atoms with van der Waals surface area (Å²) in [5.74, 6) is 0.162. The van der Waals surface area contributed by atoms with Gasteiger partial charge in [-0.2, -0.15) is 0 Å². The number of piperidine rings is 1. The molecular formula is C18H33N3O3. The van der Waals surface area contributed by atoms with Crippen molar-refractivity contribution >= 4 is 11.8 Å². The van der Waals surface area contributed by atoms with E-state index >= 15 is 0 Å². The number of aliphatic hydroxyl groups excluding tert-OH is 1. The van der Waals surface area contributed by atoms with E-state index in [2.05, 4.69) is 4.90 Å². The van der Waals surface area contributed by atoms with Crippen molar-refractivity contribution in [3.8, 4) is 0 Å². The molecule has 2 aliphatic rings. The molecule has 6 nitrogen and oxygen atoms in total. The average molecular weight is 339 g/mol. The maximum atomic E-state index is 12.7. The Morgan fingerprint density at radius 3 is 2.29 bits per heavy atom. The lowest BCUT2D eigenvalue weighted by Crippen LogP contribution is -2.56. The van der Waals surface area contributed by atoms with Crippen LogP contribution in [0.15, 0.2) is 0 Å². The summed E-state index contributed by atoms with van der Waals surface area (Å²) in [5, 5.41) is 10.2. The molecule has 2 rings (SSSR count). The third-order valence-electron chi connectivity index (χ3n) is 5.30. The molecule has 0 saturated carbocycles. The topological polar surface area (TPSA) is 64.1 Å².